The van der Waals surface area contributed by atoms with Gasteiger partial charge in [0, 0.05) is 26.9 Å². The van der Waals surface area contributed by atoms with Gasteiger partial charge in [-0.3, -0.25) is 9.59 Å². The maximum atomic E-state index is 12.2. The number of hydrazone groups is 1. The number of nitrogens with one attached hydrogen (secondary N) is 2. The third kappa shape index (κ3) is 8.36. The monoisotopic (exact) mass is 553 g/mol. The summed E-state index contributed by atoms with van der Waals surface area (Å²) in [5.41, 5.74) is 6.14. The second kappa shape index (κ2) is 14.2. The maximum Gasteiger partial charge on any atom is 0.249 e. The van der Waals surface area contributed by atoms with E-state index in [0.29, 0.717) is 45.8 Å². The Balaban J connectivity index is 1.67. The minimum absolute atomic E-state index is 0.268. The molecule has 0 fully saturated rings. The van der Waals surface area contributed by atoms with Crippen molar-refractivity contribution in [1.82, 2.24) is 5.43 Å². The number of carbonyl (C=O) groups excluding carboxylic acids is 2. The third-order valence-electron chi connectivity index (χ3n) is 5.33. The fourth-order valence-electron chi connectivity index (χ4n) is 3.50. The average molecular weight is 554 g/mol. The number of ether oxygens (including phenoxy) is 2. The molecular weight excluding hydrogens is 525 g/mol. The number of halogens is 2. The fourth-order valence-corrected chi connectivity index (χ4v) is 3.87. The molecule has 38 heavy (non-hydrogen) atoms. The summed E-state index contributed by atoms with van der Waals surface area (Å²) in [7, 11) is 0. The highest BCUT2D eigenvalue weighted by molar-refractivity contribution is 6.31. The number of amides is 2. The van der Waals surface area contributed by atoms with Crippen molar-refractivity contribution in [3.63, 3.8) is 0 Å². The van der Waals surface area contributed by atoms with Crippen LogP contribution in [0.2, 0.25) is 10.0 Å². The molecule has 3 aromatic carbocycles. The quantitative estimate of drug-likeness (QED) is 0.116. The Morgan fingerprint density at radius 1 is 1.00 bits per heavy atom. The molecule has 0 unspecified atom stereocenters. The first kappa shape index (κ1) is 28.8. The van der Waals surface area contributed by atoms with Crippen molar-refractivity contribution >= 4 is 46.9 Å². The lowest BCUT2D eigenvalue weighted by Gasteiger charge is -2.17. The summed E-state index contributed by atoms with van der Waals surface area (Å²) in [6, 6.07) is 16.2. The molecule has 3 aromatic rings. The smallest absolute Gasteiger partial charge is 0.249 e. The van der Waals surface area contributed by atoms with Crippen molar-refractivity contribution in [2.24, 2.45) is 5.10 Å². The van der Waals surface area contributed by atoms with Crippen LogP contribution in [0.15, 0.2) is 72.4 Å². The topological polar surface area (TPSA) is 89.0 Å². The van der Waals surface area contributed by atoms with Gasteiger partial charge >= 0.3 is 0 Å². The van der Waals surface area contributed by atoms with E-state index >= 15 is 0 Å². The van der Waals surface area contributed by atoms with Crippen LogP contribution in [0.5, 0.6) is 11.5 Å². The first-order chi connectivity index (χ1) is 18.3. The fraction of sp³-hybridized carbons (Fsp3) is 0.207. The summed E-state index contributed by atoms with van der Waals surface area (Å²) in [5, 5.41) is 7.78. The predicted octanol–water partition coefficient (Wildman–Crippen LogP) is 6.49. The highest BCUT2D eigenvalue weighted by Gasteiger charge is 2.14. The Morgan fingerprint density at radius 2 is 1.79 bits per heavy atom. The van der Waals surface area contributed by atoms with E-state index in [0.717, 1.165) is 16.7 Å². The van der Waals surface area contributed by atoms with Crippen LogP contribution in [-0.2, 0) is 22.6 Å². The van der Waals surface area contributed by atoms with Crippen molar-refractivity contribution in [3.8, 4) is 11.5 Å². The van der Waals surface area contributed by atoms with E-state index in [1.54, 1.807) is 30.3 Å². The van der Waals surface area contributed by atoms with Crippen LogP contribution < -0.4 is 20.2 Å². The van der Waals surface area contributed by atoms with E-state index in [9.17, 15) is 9.59 Å². The Bertz CT molecular complexity index is 1340. The number of anilines is 1. The first-order valence-electron chi connectivity index (χ1n) is 12.0. The molecule has 7 nitrogen and oxygen atoms in total. The highest BCUT2D eigenvalue weighted by Crippen LogP contribution is 2.34. The molecule has 0 heterocycles. The highest BCUT2D eigenvalue weighted by atomic mass is 35.5. The Morgan fingerprint density at radius 3 is 2.50 bits per heavy atom. The number of benzene rings is 3. The standard InChI is InChI=1S/C29H29Cl2N3O4/c1-4-8-21-13-20(14-26(37-5-2)29(21)38-18-22-9-6-7-10-24(22)30)17-32-34-28(36)16-27(35)33-23-12-11-19(3)25(31)15-23/h4,6-7,9-15,17H,1,5,8,16,18H2,2-3H3,(H,33,35)(H,34,36). The van der Waals surface area contributed by atoms with Gasteiger partial charge in [-0.25, -0.2) is 5.43 Å². The minimum Gasteiger partial charge on any atom is -0.490 e. The van der Waals surface area contributed by atoms with Gasteiger partial charge in [0.2, 0.25) is 11.8 Å². The van der Waals surface area contributed by atoms with Crippen molar-refractivity contribution in [2.75, 3.05) is 11.9 Å². The molecule has 0 saturated heterocycles. The molecule has 0 aliphatic rings. The zero-order chi connectivity index (χ0) is 27.5. The molecule has 2 amide bonds. The largest absolute Gasteiger partial charge is 0.490 e. The molecule has 2 N–H and O–H groups in total. The van der Waals surface area contributed by atoms with Crippen LogP contribution in [0, 0.1) is 6.92 Å². The van der Waals surface area contributed by atoms with Crippen molar-refractivity contribution in [3.05, 3.63) is 99.6 Å². The summed E-state index contributed by atoms with van der Waals surface area (Å²) >= 11 is 12.4. The Labute approximate surface area is 232 Å². The lowest BCUT2D eigenvalue weighted by molar-refractivity contribution is -0.126. The molecular formula is C29H29Cl2N3O4. The zero-order valence-electron chi connectivity index (χ0n) is 21.2. The van der Waals surface area contributed by atoms with E-state index in [2.05, 4.69) is 22.4 Å². The lowest BCUT2D eigenvalue weighted by atomic mass is 10.1. The van der Waals surface area contributed by atoms with Gasteiger partial charge in [-0.2, -0.15) is 5.10 Å². The van der Waals surface area contributed by atoms with Gasteiger partial charge < -0.3 is 14.8 Å². The normalized spacial score (nSPS) is 10.7. The van der Waals surface area contributed by atoms with Crippen LogP contribution in [0.4, 0.5) is 5.69 Å². The molecule has 0 radical (unpaired) electrons. The van der Waals surface area contributed by atoms with Crippen molar-refractivity contribution in [1.29, 1.82) is 0 Å². The number of aryl methyl sites for hydroxylation is 1. The summed E-state index contributed by atoms with van der Waals surface area (Å²) in [6.07, 6.45) is 3.36. The molecule has 0 aromatic heterocycles. The summed E-state index contributed by atoms with van der Waals surface area (Å²) in [4.78, 5) is 24.4. The number of rotatable bonds is 12. The van der Waals surface area contributed by atoms with Gasteiger partial charge in [-0.05, 0) is 61.7 Å². The molecule has 0 aliphatic carbocycles. The first-order valence-corrected chi connectivity index (χ1v) is 12.7. The van der Waals surface area contributed by atoms with Gasteiger partial charge in [0.15, 0.2) is 11.5 Å². The van der Waals surface area contributed by atoms with Gasteiger partial charge in [0.25, 0.3) is 0 Å². The van der Waals surface area contributed by atoms with E-state index in [1.807, 2.05) is 44.2 Å². The molecule has 0 atom stereocenters. The molecule has 0 bridgehead atoms. The maximum absolute atomic E-state index is 12.2. The number of hydrogen-bond donors (Lipinski definition) is 2. The second-order valence-corrected chi connectivity index (χ2v) is 9.11. The minimum atomic E-state index is -0.562. The van der Waals surface area contributed by atoms with Crippen LogP contribution in [0.25, 0.3) is 0 Å². The molecule has 3 rings (SSSR count). The molecule has 0 saturated carbocycles. The molecule has 9 heteroatoms. The van der Waals surface area contributed by atoms with Gasteiger partial charge in [0.05, 0.1) is 12.8 Å². The van der Waals surface area contributed by atoms with Crippen LogP contribution in [-0.4, -0.2) is 24.6 Å². The van der Waals surface area contributed by atoms with Crippen LogP contribution in [0.1, 0.15) is 35.6 Å². The van der Waals surface area contributed by atoms with E-state index < -0.39 is 18.2 Å². The number of hydrogen-bond acceptors (Lipinski definition) is 5. The van der Waals surface area contributed by atoms with E-state index in [4.69, 9.17) is 32.7 Å². The van der Waals surface area contributed by atoms with Crippen molar-refractivity contribution in [2.45, 2.75) is 33.3 Å². The Hall–Kier alpha value is -3.81. The molecule has 198 valence electrons. The summed E-state index contributed by atoms with van der Waals surface area (Å²) in [6.45, 7) is 8.26. The van der Waals surface area contributed by atoms with E-state index in [-0.39, 0.29) is 6.61 Å². The van der Waals surface area contributed by atoms with Crippen LogP contribution >= 0.6 is 23.2 Å². The third-order valence-corrected chi connectivity index (χ3v) is 6.10. The number of allylic oxidation sites excluding steroid dienone is 1. The van der Waals surface area contributed by atoms with Gasteiger partial charge in [-0.15, -0.1) is 6.58 Å². The SMILES string of the molecule is C=CCc1cc(C=NNC(=O)CC(=O)Nc2ccc(C)c(Cl)c2)cc(OCC)c1OCc1ccccc1Cl. The average Bonchev–Trinajstić information content (AvgIpc) is 2.87. The molecule has 0 spiro atoms. The second-order valence-electron chi connectivity index (χ2n) is 8.30. The van der Waals surface area contributed by atoms with Gasteiger partial charge in [-0.1, -0.05) is 53.5 Å². The number of carbonyl (C=O) groups is 2. The summed E-state index contributed by atoms with van der Waals surface area (Å²) < 4.78 is 12.0. The zero-order valence-corrected chi connectivity index (χ0v) is 22.7. The molecule has 0 aliphatic heterocycles. The van der Waals surface area contributed by atoms with Crippen molar-refractivity contribution < 1.29 is 19.1 Å². The Kier molecular flexibility index (Phi) is 10.8. The predicted molar refractivity (Wildman–Crippen MR) is 152 cm³/mol. The lowest BCUT2D eigenvalue weighted by Crippen LogP contribution is -2.24. The van der Waals surface area contributed by atoms with Crippen LogP contribution in [0.3, 0.4) is 0 Å². The summed E-state index contributed by atoms with van der Waals surface area (Å²) in [5.74, 6) is 0.0705. The van der Waals surface area contributed by atoms with Gasteiger partial charge in [0.1, 0.15) is 13.0 Å². The van der Waals surface area contributed by atoms with E-state index in [1.165, 1.54) is 6.21 Å². The number of nitrogens with zero attached hydrogens (tertiary/aromatic N) is 1.